The molecule has 16 heavy (non-hydrogen) atoms. The van der Waals surface area contributed by atoms with Crippen molar-refractivity contribution in [3.63, 3.8) is 0 Å². The zero-order valence-electron chi connectivity index (χ0n) is 11.0. The van der Waals surface area contributed by atoms with E-state index in [1.54, 1.807) is 0 Å². The predicted molar refractivity (Wildman–Crippen MR) is 69.6 cm³/mol. The summed E-state index contributed by atoms with van der Waals surface area (Å²) in [4.78, 5) is 2.75. The number of rotatable bonds is 3. The lowest BCUT2D eigenvalue weighted by Gasteiger charge is -2.42. The summed E-state index contributed by atoms with van der Waals surface area (Å²) in [5, 5.41) is 3.56. The molecule has 0 saturated carbocycles. The largest absolute Gasteiger partial charge is 0.315 e. The van der Waals surface area contributed by atoms with E-state index in [0.29, 0.717) is 0 Å². The molecule has 0 spiro atoms. The van der Waals surface area contributed by atoms with Crippen LogP contribution in [0, 0.1) is 11.8 Å². The quantitative estimate of drug-likeness (QED) is 0.792. The molecule has 94 valence electrons. The van der Waals surface area contributed by atoms with Crippen LogP contribution in [-0.2, 0) is 0 Å². The molecular formula is C14H28N2. The standard InChI is InChI=1S/C14H28N2/c1-3-4-13-6-9-16(10-7-13)14-11-15-8-5-12(14)2/h12-15H,3-11H2,1-2H3. The SMILES string of the molecule is CCCC1CCN(C2CNCCC2C)CC1. The lowest BCUT2D eigenvalue weighted by molar-refractivity contribution is 0.0809. The smallest absolute Gasteiger partial charge is 0.0246 e. The number of hydrogen-bond acceptors (Lipinski definition) is 2. The average Bonchev–Trinajstić information content (AvgIpc) is 2.31. The summed E-state index contributed by atoms with van der Waals surface area (Å²) in [5.41, 5.74) is 0. The van der Waals surface area contributed by atoms with Gasteiger partial charge in [-0.1, -0.05) is 26.7 Å². The highest BCUT2D eigenvalue weighted by atomic mass is 15.2. The van der Waals surface area contributed by atoms with Gasteiger partial charge in [0.25, 0.3) is 0 Å². The van der Waals surface area contributed by atoms with Crippen LogP contribution >= 0.6 is 0 Å². The van der Waals surface area contributed by atoms with Crippen molar-refractivity contribution in [2.24, 2.45) is 11.8 Å². The maximum absolute atomic E-state index is 3.56. The molecule has 2 rings (SSSR count). The van der Waals surface area contributed by atoms with E-state index >= 15 is 0 Å². The highest BCUT2D eigenvalue weighted by Crippen LogP contribution is 2.26. The molecule has 2 heterocycles. The van der Waals surface area contributed by atoms with Gasteiger partial charge in [-0.2, -0.15) is 0 Å². The maximum atomic E-state index is 3.56. The van der Waals surface area contributed by atoms with E-state index in [2.05, 4.69) is 24.1 Å². The van der Waals surface area contributed by atoms with Gasteiger partial charge in [-0.25, -0.2) is 0 Å². The van der Waals surface area contributed by atoms with E-state index < -0.39 is 0 Å². The summed E-state index contributed by atoms with van der Waals surface area (Å²) < 4.78 is 0. The second-order valence-electron chi connectivity index (χ2n) is 5.81. The summed E-state index contributed by atoms with van der Waals surface area (Å²) in [7, 11) is 0. The minimum Gasteiger partial charge on any atom is -0.315 e. The second-order valence-corrected chi connectivity index (χ2v) is 5.81. The van der Waals surface area contributed by atoms with Crippen LogP contribution < -0.4 is 5.32 Å². The molecule has 1 N–H and O–H groups in total. The molecule has 0 radical (unpaired) electrons. The summed E-state index contributed by atoms with van der Waals surface area (Å²) in [6.07, 6.45) is 7.06. The van der Waals surface area contributed by atoms with E-state index in [1.807, 2.05) is 0 Å². The zero-order chi connectivity index (χ0) is 11.4. The topological polar surface area (TPSA) is 15.3 Å². The fourth-order valence-electron chi connectivity index (χ4n) is 3.44. The third-order valence-corrected chi connectivity index (χ3v) is 4.60. The van der Waals surface area contributed by atoms with Crippen molar-refractivity contribution in [1.29, 1.82) is 0 Å². The molecule has 0 aromatic carbocycles. The maximum Gasteiger partial charge on any atom is 0.0246 e. The first-order valence-electron chi connectivity index (χ1n) is 7.26. The third kappa shape index (κ3) is 2.98. The van der Waals surface area contributed by atoms with Crippen LogP contribution in [0.5, 0.6) is 0 Å². The van der Waals surface area contributed by atoms with Crippen LogP contribution in [0.25, 0.3) is 0 Å². The summed E-state index contributed by atoms with van der Waals surface area (Å²) in [5.74, 6) is 1.91. The fourth-order valence-corrected chi connectivity index (χ4v) is 3.44. The molecule has 2 heteroatoms. The van der Waals surface area contributed by atoms with Crippen molar-refractivity contribution in [3.05, 3.63) is 0 Å². The lowest BCUT2D eigenvalue weighted by Crippen LogP contribution is -2.52. The first-order valence-corrected chi connectivity index (χ1v) is 7.26. The van der Waals surface area contributed by atoms with E-state index in [1.165, 1.54) is 58.3 Å². The minimum absolute atomic E-state index is 0.816. The van der Waals surface area contributed by atoms with Gasteiger partial charge in [-0.05, 0) is 50.7 Å². The Morgan fingerprint density at radius 3 is 2.56 bits per heavy atom. The number of piperidine rings is 2. The first kappa shape index (κ1) is 12.4. The average molecular weight is 224 g/mol. The van der Waals surface area contributed by atoms with Crippen LogP contribution in [0.3, 0.4) is 0 Å². The van der Waals surface area contributed by atoms with Crippen molar-refractivity contribution in [1.82, 2.24) is 10.2 Å². The Kier molecular flexibility index (Phi) is 4.66. The van der Waals surface area contributed by atoms with Crippen molar-refractivity contribution in [3.8, 4) is 0 Å². The van der Waals surface area contributed by atoms with Crippen molar-refractivity contribution >= 4 is 0 Å². The monoisotopic (exact) mass is 224 g/mol. The highest BCUT2D eigenvalue weighted by Gasteiger charge is 2.29. The Labute approximate surface area is 101 Å². The van der Waals surface area contributed by atoms with E-state index in [-0.39, 0.29) is 0 Å². The van der Waals surface area contributed by atoms with E-state index in [4.69, 9.17) is 0 Å². The zero-order valence-corrected chi connectivity index (χ0v) is 11.0. The second kappa shape index (κ2) is 6.02. The molecular weight excluding hydrogens is 196 g/mol. The van der Waals surface area contributed by atoms with Gasteiger partial charge in [0.05, 0.1) is 0 Å². The molecule has 2 aliphatic heterocycles. The number of hydrogen-bond donors (Lipinski definition) is 1. The van der Waals surface area contributed by atoms with Crippen LogP contribution in [0.15, 0.2) is 0 Å². The Morgan fingerprint density at radius 2 is 1.94 bits per heavy atom. The van der Waals surface area contributed by atoms with Crippen LogP contribution in [-0.4, -0.2) is 37.1 Å². The Hall–Kier alpha value is -0.0800. The van der Waals surface area contributed by atoms with Gasteiger partial charge in [0.2, 0.25) is 0 Å². The lowest BCUT2D eigenvalue weighted by atomic mass is 9.88. The van der Waals surface area contributed by atoms with Gasteiger partial charge in [-0.3, -0.25) is 4.90 Å². The van der Waals surface area contributed by atoms with Gasteiger partial charge >= 0.3 is 0 Å². The van der Waals surface area contributed by atoms with Crippen LogP contribution in [0.4, 0.5) is 0 Å². The van der Waals surface area contributed by atoms with Crippen LogP contribution in [0.2, 0.25) is 0 Å². The summed E-state index contributed by atoms with van der Waals surface area (Å²) in [6.45, 7) is 9.90. The number of nitrogens with zero attached hydrogens (tertiary/aromatic N) is 1. The van der Waals surface area contributed by atoms with Gasteiger partial charge in [0.15, 0.2) is 0 Å². The van der Waals surface area contributed by atoms with Gasteiger partial charge in [0.1, 0.15) is 0 Å². The fraction of sp³-hybridized carbons (Fsp3) is 1.00. The minimum atomic E-state index is 0.816. The molecule has 2 atom stereocenters. The van der Waals surface area contributed by atoms with Crippen LogP contribution in [0.1, 0.15) is 46.0 Å². The van der Waals surface area contributed by atoms with E-state index in [9.17, 15) is 0 Å². The van der Waals surface area contributed by atoms with Crippen molar-refractivity contribution < 1.29 is 0 Å². The molecule has 2 nitrogen and oxygen atoms in total. The summed E-state index contributed by atoms with van der Waals surface area (Å²) in [6, 6.07) is 0.816. The van der Waals surface area contributed by atoms with E-state index in [0.717, 1.165) is 17.9 Å². The molecule has 0 aromatic heterocycles. The Bertz CT molecular complexity index is 197. The third-order valence-electron chi connectivity index (χ3n) is 4.60. The molecule has 2 fully saturated rings. The normalized spacial score (nSPS) is 34.1. The first-order chi connectivity index (χ1) is 7.81. The van der Waals surface area contributed by atoms with Crippen molar-refractivity contribution in [2.75, 3.05) is 26.2 Å². The Balaban J connectivity index is 1.79. The molecule has 0 amide bonds. The van der Waals surface area contributed by atoms with Gasteiger partial charge in [0, 0.05) is 12.6 Å². The highest BCUT2D eigenvalue weighted by molar-refractivity contribution is 4.86. The molecule has 2 unspecified atom stereocenters. The van der Waals surface area contributed by atoms with Crippen molar-refractivity contribution in [2.45, 2.75) is 52.0 Å². The molecule has 0 aromatic rings. The molecule has 2 aliphatic rings. The number of likely N-dealkylation sites (tertiary alicyclic amines) is 1. The van der Waals surface area contributed by atoms with Gasteiger partial charge in [-0.15, -0.1) is 0 Å². The van der Waals surface area contributed by atoms with Gasteiger partial charge < -0.3 is 5.32 Å². The molecule has 2 saturated heterocycles. The Morgan fingerprint density at radius 1 is 1.19 bits per heavy atom. The number of nitrogens with one attached hydrogen (secondary N) is 1. The predicted octanol–water partition coefficient (Wildman–Crippen LogP) is 2.50. The molecule has 0 aliphatic carbocycles. The molecule has 0 bridgehead atoms. The summed E-state index contributed by atoms with van der Waals surface area (Å²) >= 11 is 0.